The Morgan fingerprint density at radius 2 is 2.20 bits per heavy atom. The van der Waals surface area contributed by atoms with Crippen LogP contribution in [0.5, 0.6) is 0 Å². The molecule has 82 valence electrons. The molecule has 0 bridgehead atoms. The van der Waals surface area contributed by atoms with Gasteiger partial charge in [-0.2, -0.15) is 0 Å². The fourth-order valence-electron chi connectivity index (χ4n) is 2.27. The van der Waals surface area contributed by atoms with Gasteiger partial charge in [0, 0.05) is 6.54 Å². The van der Waals surface area contributed by atoms with E-state index in [1.165, 1.54) is 5.56 Å². The monoisotopic (exact) mass is 207 g/mol. The van der Waals surface area contributed by atoms with E-state index in [2.05, 4.69) is 26.0 Å². The second-order valence-electron chi connectivity index (χ2n) is 4.74. The van der Waals surface area contributed by atoms with E-state index < -0.39 is 5.67 Å². The van der Waals surface area contributed by atoms with Gasteiger partial charge in [0.1, 0.15) is 5.67 Å². The number of benzene rings is 1. The number of rotatable bonds is 2. The number of aryl methyl sites for hydroxylation is 1. The quantitative estimate of drug-likeness (QED) is 0.792. The fraction of sp³-hybridized carbons (Fsp3) is 0.538. The molecule has 2 N–H and O–H groups in total. The number of alkyl halides is 1. The zero-order chi connectivity index (χ0) is 11.1. The summed E-state index contributed by atoms with van der Waals surface area (Å²) in [5.74, 6) is 0.443. The largest absolute Gasteiger partial charge is 0.327 e. The minimum atomic E-state index is -1.28. The highest BCUT2D eigenvalue weighted by Gasteiger charge is 2.37. The van der Waals surface area contributed by atoms with Gasteiger partial charge in [0.15, 0.2) is 0 Å². The second-order valence-corrected chi connectivity index (χ2v) is 4.74. The predicted molar refractivity (Wildman–Crippen MR) is 60.7 cm³/mol. The van der Waals surface area contributed by atoms with Crippen LogP contribution in [0.3, 0.4) is 0 Å². The van der Waals surface area contributed by atoms with E-state index in [1.54, 1.807) is 0 Å². The van der Waals surface area contributed by atoms with Gasteiger partial charge in [-0.15, -0.1) is 0 Å². The van der Waals surface area contributed by atoms with Crippen molar-refractivity contribution >= 4 is 0 Å². The third-order valence-electron chi connectivity index (χ3n) is 3.40. The van der Waals surface area contributed by atoms with Gasteiger partial charge >= 0.3 is 0 Å². The summed E-state index contributed by atoms with van der Waals surface area (Å²) in [6, 6.07) is 6.16. The van der Waals surface area contributed by atoms with Crippen LogP contribution in [0.1, 0.15) is 42.9 Å². The van der Waals surface area contributed by atoms with Crippen LogP contribution in [0, 0.1) is 0 Å². The Balaban J connectivity index is 2.47. The highest BCUT2D eigenvalue weighted by atomic mass is 19.1. The van der Waals surface area contributed by atoms with Crippen molar-refractivity contribution in [1.29, 1.82) is 0 Å². The van der Waals surface area contributed by atoms with E-state index in [9.17, 15) is 4.39 Å². The smallest absolute Gasteiger partial charge is 0.148 e. The summed E-state index contributed by atoms with van der Waals surface area (Å²) in [6.07, 6.45) is 1.36. The first kappa shape index (κ1) is 10.6. The Morgan fingerprint density at radius 3 is 2.80 bits per heavy atom. The zero-order valence-corrected chi connectivity index (χ0v) is 9.39. The lowest BCUT2D eigenvalue weighted by Gasteiger charge is -2.19. The molecule has 0 radical (unpaired) electrons. The van der Waals surface area contributed by atoms with Crippen molar-refractivity contribution in [2.45, 2.75) is 38.3 Å². The molecule has 1 aromatic carbocycles. The van der Waals surface area contributed by atoms with Crippen molar-refractivity contribution < 1.29 is 4.39 Å². The molecule has 0 aliphatic heterocycles. The first-order valence-corrected chi connectivity index (χ1v) is 5.59. The van der Waals surface area contributed by atoms with Crippen LogP contribution >= 0.6 is 0 Å². The summed E-state index contributed by atoms with van der Waals surface area (Å²) < 4.78 is 14.4. The summed E-state index contributed by atoms with van der Waals surface area (Å²) in [6.45, 7) is 4.35. The van der Waals surface area contributed by atoms with Crippen molar-refractivity contribution in [3.05, 3.63) is 34.9 Å². The van der Waals surface area contributed by atoms with Crippen molar-refractivity contribution in [2.75, 3.05) is 6.54 Å². The molecular weight excluding hydrogens is 189 g/mol. The molecule has 1 nitrogen and oxygen atoms in total. The molecule has 0 fully saturated rings. The summed E-state index contributed by atoms with van der Waals surface area (Å²) >= 11 is 0. The highest BCUT2D eigenvalue weighted by Crippen LogP contribution is 2.40. The van der Waals surface area contributed by atoms with Crippen LogP contribution in [-0.2, 0) is 12.1 Å². The minimum absolute atomic E-state index is 0.0988. The van der Waals surface area contributed by atoms with Gasteiger partial charge in [0.05, 0.1) is 0 Å². The van der Waals surface area contributed by atoms with Gasteiger partial charge in [-0.25, -0.2) is 4.39 Å². The van der Waals surface area contributed by atoms with Gasteiger partial charge in [-0.1, -0.05) is 32.0 Å². The number of nitrogens with two attached hydrogens (primary N) is 1. The lowest BCUT2D eigenvalue weighted by Crippen LogP contribution is -2.27. The Bertz CT molecular complexity index is 373. The third kappa shape index (κ3) is 1.67. The second kappa shape index (κ2) is 3.60. The Morgan fingerprint density at radius 1 is 1.47 bits per heavy atom. The van der Waals surface area contributed by atoms with E-state index in [-0.39, 0.29) is 6.54 Å². The topological polar surface area (TPSA) is 26.0 Å². The summed E-state index contributed by atoms with van der Waals surface area (Å²) in [7, 11) is 0. The molecule has 1 aliphatic rings. The van der Waals surface area contributed by atoms with E-state index in [0.717, 1.165) is 17.5 Å². The van der Waals surface area contributed by atoms with Gasteiger partial charge in [-0.3, -0.25) is 0 Å². The molecule has 0 heterocycles. The number of fused-ring (bicyclic) bond motifs is 1. The Kier molecular flexibility index (Phi) is 2.55. The molecule has 0 aromatic heterocycles. The zero-order valence-electron chi connectivity index (χ0n) is 9.39. The van der Waals surface area contributed by atoms with Gasteiger partial charge in [0.2, 0.25) is 0 Å². The molecule has 2 heteroatoms. The summed E-state index contributed by atoms with van der Waals surface area (Å²) in [4.78, 5) is 0. The van der Waals surface area contributed by atoms with Crippen LogP contribution in [0.15, 0.2) is 18.2 Å². The lowest BCUT2D eigenvalue weighted by molar-refractivity contribution is 0.177. The SMILES string of the molecule is CC(C)c1ccc2c(c1)C(F)(CN)CC2. The third-order valence-corrected chi connectivity index (χ3v) is 3.40. The number of hydrogen-bond acceptors (Lipinski definition) is 1. The van der Waals surface area contributed by atoms with Crippen LogP contribution in [-0.4, -0.2) is 6.54 Å². The molecular formula is C13H18FN. The average Bonchev–Trinajstić information content (AvgIpc) is 2.57. The average molecular weight is 207 g/mol. The van der Waals surface area contributed by atoms with Crippen molar-refractivity contribution in [3.8, 4) is 0 Å². The minimum Gasteiger partial charge on any atom is -0.327 e. The normalized spacial score (nSPS) is 24.6. The molecule has 0 saturated heterocycles. The maximum Gasteiger partial charge on any atom is 0.148 e. The van der Waals surface area contributed by atoms with Crippen molar-refractivity contribution in [1.82, 2.24) is 0 Å². The van der Waals surface area contributed by atoms with Crippen LogP contribution < -0.4 is 5.73 Å². The highest BCUT2D eigenvalue weighted by molar-refractivity contribution is 5.41. The molecule has 0 spiro atoms. The Hall–Kier alpha value is -0.890. The molecule has 1 atom stereocenters. The van der Waals surface area contributed by atoms with E-state index in [4.69, 9.17) is 5.73 Å². The molecule has 15 heavy (non-hydrogen) atoms. The van der Waals surface area contributed by atoms with Crippen molar-refractivity contribution in [2.24, 2.45) is 5.73 Å². The summed E-state index contributed by atoms with van der Waals surface area (Å²) in [5, 5.41) is 0. The van der Waals surface area contributed by atoms with Gasteiger partial charge in [0.25, 0.3) is 0 Å². The molecule has 1 aromatic rings. The maximum atomic E-state index is 14.4. The van der Waals surface area contributed by atoms with E-state index in [1.807, 2.05) is 6.07 Å². The first-order chi connectivity index (χ1) is 7.07. The number of halogens is 1. The molecule has 0 amide bonds. The molecule has 1 unspecified atom stereocenters. The van der Waals surface area contributed by atoms with Gasteiger partial charge in [-0.05, 0) is 35.4 Å². The van der Waals surface area contributed by atoms with E-state index >= 15 is 0 Å². The van der Waals surface area contributed by atoms with E-state index in [0.29, 0.717) is 12.3 Å². The fourth-order valence-corrected chi connectivity index (χ4v) is 2.27. The van der Waals surface area contributed by atoms with Gasteiger partial charge < -0.3 is 5.73 Å². The molecule has 2 rings (SSSR count). The molecule has 1 aliphatic carbocycles. The predicted octanol–water partition coefficient (Wildman–Crippen LogP) is 2.88. The Labute approximate surface area is 90.5 Å². The summed E-state index contributed by atoms with van der Waals surface area (Å²) in [5.41, 5.74) is 7.42. The standard InChI is InChI=1S/C13H18FN/c1-9(2)11-4-3-10-5-6-13(14,8-15)12(10)7-11/h3-4,7,9H,5-6,8,15H2,1-2H3. The number of hydrogen-bond donors (Lipinski definition) is 1. The van der Waals surface area contributed by atoms with Crippen LogP contribution in [0.4, 0.5) is 4.39 Å². The molecule has 0 saturated carbocycles. The van der Waals surface area contributed by atoms with Crippen LogP contribution in [0.25, 0.3) is 0 Å². The van der Waals surface area contributed by atoms with Crippen molar-refractivity contribution in [3.63, 3.8) is 0 Å². The first-order valence-electron chi connectivity index (χ1n) is 5.59. The maximum absolute atomic E-state index is 14.4. The van der Waals surface area contributed by atoms with Crippen LogP contribution in [0.2, 0.25) is 0 Å². The lowest BCUT2D eigenvalue weighted by atomic mass is 9.93.